The lowest BCUT2D eigenvalue weighted by atomic mass is 10.2. The molecule has 1 aromatic carbocycles. The standard InChI is InChI=1S/C19H16N4O4S2/c1-2-27-15(24)4-3-9-22-18(25)13-10-14-16(23(13)19(22)28)20-17(29-14)11-5-7-12(21-26)8-6-11/h5-8,10H,2-4,9H2,1H3. The molecule has 1 aliphatic heterocycles. The molecule has 0 atom stereocenters. The molecule has 0 spiro atoms. The molecular weight excluding hydrogens is 412 g/mol. The molecule has 29 heavy (non-hydrogen) atoms. The van der Waals surface area contributed by atoms with Crippen LogP contribution in [0.2, 0.25) is 0 Å². The Morgan fingerprint density at radius 3 is 2.76 bits per heavy atom. The van der Waals surface area contributed by atoms with Gasteiger partial charge in [-0.2, -0.15) is 0 Å². The SMILES string of the molecule is CCOC(=O)CCCN1C(=O)c2cc3sc(-c4ccc(N=O)cc4)nc3n2C1=S. The van der Waals surface area contributed by atoms with Crippen LogP contribution in [0, 0.1) is 4.91 Å². The van der Waals surface area contributed by atoms with Crippen LogP contribution in [0.1, 0.15) is 30.3 Å². The Balaban J connectivity index is 1.56. The number of thiocarbonyl (C=S) groups is 1. The molecule has 0 bridgehead atoms. The Labute approximate surface area is 175 Å². The van der Waals surface area contributed by atoms with Crippen molar-refractivity contribution in [2.24, 2.45) is 5.18 Å². The Kier molecular flexibility index (Phi) is 5.20. The van der Waals surface area contributed by atoms with E-state index in [4.69, 9.17) is 17.0 Å². The quantitative estimate of drug-likeness (QED) is 0.320. The second kappa shape index (κ2) is 7.80. The molecule has 10 heteroatoms. The van der Waals surface area contributed by atoms with Crippen molar-refractivity contribution in [2.45, 2.75) is 19.8 Å². The van der Waals surface area contributed by atoms with Crippen LogP contribution in [-0.2, 0) is 9.53 Å². The van der Waals surface area contributed by atoms with Crippen molar-refractivity contribution in [1.29, 1.82) is 0 Å². The van der Waals surface area contributed by atoms with E-state index < -0.39 is 0 Å². The Morgan fingerprint density at radius 2 is 2.07 bits per heavy atom. The van der Waals surface area contributed by atoms with Crippen LogP contribution in [0.3, 0.4) is 0 Å². The van der Waals surface area contributed by atoms with Crippen molar-refractivity contribution in [1.82, 2.24) is 14.5 Å². The number of nitroso groups, excluding NO2 is 1. The van der Waals surface area contributed by atoms with E-state index in [-0.39, 0.29) is 18.3 Å². The van der Waals surface area contributed by atoms with Gasteiger partial charge in [0.25, 0.3) is 5.91 Å². The van der Waals surface area contributed by atoms with Crippen molar-refractivity contribution < 1.29 is 14.3 Å². The number of thiazole rings is 1. The van der Waals surface area contributed by atoms with E-state index in [1.165, 1.54) is 16.2 Å². The number of carbonyl (C=O) groups excluding carboxylic acids is 2. The van der Waals surface area contributed by atoms with Crippen molar-refractivity contribution in [2.75, 3.05) is 13.2 Å². The molecule has 8 nitrogen and oxygen atoms in total. The summed E-state index contributed by atoms with van der Waals surface area (Å²) >= 11 is 6.96. The topological polar surface area (TPSA) is 93.9 Å². The molecule has 0 aliphatic carbocycles. The van der Waals surface area contributed by atoms with Crippen LogP contribution in [-0.4, -0.2) is 44.6 Å². The molecule has 0 radical (unpaired) electrons. The number of nitrogens with zero attached hydrogens (tertiary/aromatic N) is 4. The molecule has 0 saturated carbocycles. The van der Waals surface area contributed by atoms with Gasteiger partial charge in [-0.3, -0.25) is 19.1 Å². The monoisotopic (exact) mass is 428 g/mol. The van der Waals surface area contributed by atoms with Crippen molar-refractivity contribution >= 4 is 56.6 Å². The van der Waals surface area contributed by atoms with E-state index in [0.717, 1.165) is 15.3 Å². The zero-order valence-corrected chi connectivity index (χ0v) is 17.1. The van der Waals surface area contributed by atoms with Crippen LogP contribution in [0.4, 0.5) is 5.69 Å². The van der Waals surface area contributed by atoms with Gasteiger partial charge >= 0.3 is 5.97 Å². The van der Waals surface area contributed by atoms with Crippen LogP contribution in [0.25, 0.3) is 20.9 Å². The second-order valence-corrected chi connectivity index (χ2v) is 7.75. The van der Waals surface area contributed by atoms with Crippen LogP contribution in [0.5, 0.6) is 0 Å². The fraction of sp³-hybridized carbons (Fsp3) is 0.263. The molecule has 1 aliphatic rings. The molecule has 0 fully saturated rings. The van der Waals surface area contributed by atoms with E-state index in [1.807, 2.05) is 0 Å². The number of fused-ring (bicyclic) bond motifs is 3. The van der Waals surface area contributed by atoms with Crippen molar-refractivity contribution in [3.8, 4) is 10.6 Å². The summed E-state index contributed by atoms with van der Waals surface area (Å²) < 4.78 is 7.45. The number of hydrogen-bond donors (Lipinski definition) is 0. The van der Waals surface area contributed by atoms with Crippen LogP contribution in [0.15, 0.2) is 35.5 Å². The highest BCUT2D eigenvalue weighted by Crippen LogP contribution is 2.35. The summed E-state index contributed by atoms with van der Waals surface area (Å²) in [6.45, 7) is 2.44. The molecule has 0 unspecified atom stereocenters. The minimum atomic E-state index is -0.285. The lowest BCUT2D eigenvalue weighted by Crippen LogP contribution is -2.32. The average Bonchev–Trinajstić information content (AvgIpc) is 3.34. The van der Waals surface area contributed by atoms with E-state index in [0.29, 0.717) is 41.7 Å². The maximum absolute atomic E-state index is 12.7. The molecule has 3 heterocycles. The van der Waals surface area contributed by atoms with Crippen LogP contribution < -0.4 is 0 Å². The van der Waals surface area contributed by atoms with Crippen LogP contribution >= 0.6 is 23.6 Å². The molecule has 1 amide bonds. The first kappa shape index (κ1) is 19.3. The van der Waals surface area contributed by atoms with Gasteiger partial charge in [-0.15, -0.1) is 16.2 Å². The summed E-state index contributed by atoms with van der Waals surface area (Å²) in [6.07, 6.45) is 0.704. The number of benzene rings is 1. The third kappa shape index (κ3) is 3.45. The van der Waals surface area contributed by atoms with Gasteiger partial charge in [-0.05, 0) is 61.1 Å². The molecular formula is C19H16N4O4S2. The summed E-state index contributed by atoms with van der Waals surface area (Å²) in [7, 11) is 0. The molecule has 0 N–H and O–H groups in total. The van der Waals surface area contributed by atoms with Crippen molar-refractivity contribution in [3.05, 3.63) is 40.9 Å². The Bertz CT molecular complexity index is 1130. The fourth-order valence-corrected chi connectivity index (χ4v) is 4.53. The molecule has 3 aromatic rings. The van der Waals surface area contributed by atoms with Gasteiger partial charge in [0.05, 0.1) is 11.3 Å². The van der Waals surface area contributed by atoms with Gasteiger partial charge < -0.3 is 4.74 Å². The maximum Gasteiger partial charge on any atom is 0.305 e. The van der Waals surface area contributed by atoms with Gasteiger partial charge in [0.1, 0.15) is 16.4 Å². The number of rotatable bonds is 7. The smallest absolute Gasteiger partial charge is 0.305 e. The summed E-state index contributed by atoms with van der Waals surface area (Å²) in [6, 6.07) is 8.61. The van der Waals surface area contributed by atoms with Gasteiger partial charge in [0.2, 0.25) is 0 Å². The van der Waals surface area contributed by atoms with Crippen molar-refractivity contribution in [3.63, 3.8) is 0 Å². The predicted octanol–water partition coefficient (Wildman–Crippen LogP) is 4.09. The predicted molar refractivity (Wildman–Crippen MR) is 113 cm³/mol. The number of hydrogen-bond acceptors (Lipinski definition) is 8. The normalized spacial score (nSPS) is 13.2. The van der Waals surface area contributed by atoms with E-state index in [9.17, 15) is 14.5 Å². The molecule has 0 saturated heterocycles. The van der Waals surface area contributed by atoms with E-state index in [2.05, 4.69) is 10.2 Å². The summed E-state index contributed by atoms with van der Waals surface area (Å²) in [5.74, 6) is -0.473. The number of carbonyl (C=O) groups is 2. The first-order valence-corrected chi connectivity index (χ1v) is 10.2. The summed E-state index contributed by atoms with van der Waals surface area (Å²) in [5, 5.41) is 4.02. The average molecular weight is 428 g/mol. The first-order chi connectivity index (χ1) is 14.0. The number of amides is 1. The fourth-order valence-electron chi connectivity index (χ4n) is 3.18. The van der Waals surface area contributed by atoms with E-state index >= 15 is 0 Å². The summed E-state index contributed by atoms with van der Waals surface area (Å²) in [5.41, 5.74) is 2.31. The Hall–Kier alpha value is -2.98. The largest absolute Gasteiger partial charge is 0.466 e. The molecule has 148 valence electrons. The van der Waals surface area contributed by atoms with E-state index in [1.54, 1.807) is 41.8 Å². The highest BCUT2D eigenvalue weighted by molar-refractivity contribution is 7.80. The number of ether oxygens (including phenoxy) is 1. The first-order valence-electron chi connectivity index (χ1n) is 9.01. The van der Waals surface area contributed by atoms with Gasteiger partial charge in [0.15, 0.2) is 10.8 Å². The third-order valence-corrected chi connectivity index (χ3v) is 5.97. The van der Waals surface area contributed by atoms with Gasteiger partial charge in [-0.25, -0.2) is 4.98 Å². The zero-order valence-electron chi connectivity index (χ0n) is 15.5. The zero-order chi connectivity index (χ0) is 20.5. The lowest BCUT2D eigenvalue weighted by molar-refractivity contribution is -0.143. The molecule has 2 aromatic heterocycles. The summed E-state index contributed by atoms with van der Waals surface area (Å²) in [4.78, 5) is 41.0. The minimum Gasteiger partial charge on any atom is -0.466 e. The molecule has 4 rings (SSSR count). The maximum atomic E-state index is 12.7. The number of esters is 1. The highest BCUT2D eigenvalue weighted by atomic mass is 32.1. The highest BCUT2D eigenvalue weighted by Gasteiger charge is 2.35. The van der Waals surface area contributed by atoms with Gasteiger partial charge in [0, 0.05) is 18.5 Å². The number of aromatic nitrogens is 2. The second-order valence-electron chi connectivity index (χ2n) is 6.36. The Morgan fingerprint density at radius 1 is 1.31 bits per heavy atom. The lowest BCUT2D eigenvalue weighted by Gasteiger charge is -2.15. The third-order valence-electron chi connectivity index (χ3n) is 4.53. The van der Waals surface area contributed by atoms with Gasteiger partial charge in [-0.1, -0.05) is 0 Å². The minimum absolute atomic E-state index is 0.188.